The molecule has 1 fully saturated rings. The second-order valence-corrected chi connectivity index (χ2v) is 6.99. The molecule has 28 heavy (non-hydrogen) atoms. The van der Waals surface area contributed by atoms with Crippen LogP contribution in [0.2, 0.25) is 0 Å². The van der Waals surface area contributed by atoms with E-state index in [0.29, 0.717) is 18.0 Å². The fourth-order valence-electron chi connectivity index (χ4n) is 3.47. The number of carbonyl (C=O) groups excluding carboxylic acids is 2. The zero-order valence-electron chi connectivity index (χ0n) is 15.6. The van der Waals surface area contributed by atoms with Gasteiger partial charge in [-0.05, 0) is 61.3 Å². The summed E-state index contributed by atoms with van der Waals surface area (Å²) in [5, 5.41) is 6.22. The fraction of sp³-hybridized carbons (Fsp3) is 0.350. The van der Waals surface area contributed by atoms with Crippen LogP contribution in [-0.4, -0.2) is 36.4 Å². The highest BCUT2D eigenvalue weighted by atomic mass is 35.5. The highest BCUT2D eigenvalue weighted by molar-refractivity contribution is 6.07. The molecule has 2 aromatic rings. The van der Waals surface area contributed by atoms with Gasteiger partial charge in [-0.3, -0.25) is 14.6 Å². The van der Waals surface area contributed by atoms with Crippen LogP contribution in [0.1, 0.15) is 22.8 Å². The van der Waals surface area contributed by atoms with Crippen LogP contribution in [0.4, 0.5) is 11.4 Å². The summed E-state index contributed by atoms with van der Waals surface area (Å²) < 4.78 is 0. The quantitative estimate of drug-likeness (QED) is 0.793. The van der Waals surface area contributed by atoms with E-state index >= 15 is 0 Å². The molecule has 1 saturated heterocycles. The molecule has 2 aliphatic rings. The lowest BCUT2D eigenvalue weighted by Crippen LogP contribution is -2.48. The molecule has 2 amide bonds. The minimum absolute atomic E-state index is 0. The maximum atomic E-state index is 12.7. The summed E-state index contributed by atoms with van der Waals surface area (Å²) in [6, 6.07) is 9.31. The van der Waals surface area contributed by atoms with E-state index in [1.807, 2.05) is 25.1 Å². The first-order valence-electron chi connectivity index (χ1n) is 9.00. The Kier molecular flexibility index (Phi) is 7.41. The maximum Gasteiger partial charge on any atom is 0.259 e. The molecule has 1 aromatic heterocycles. The average molecular weight is 423 g/mol. The monoisotopic (exact) mass is 422 g/mol. The van der Waals surface area contributed by atoms with Crippen molar-refractivity contribution in [3.8, 4) is 0 Å². The maximum absolute atomic E-state index is 12.7. The number of amides is 2. The topological polar surface area (TPSA) is 74.3 Å². The lowest BCUT2D eigenvalue weighted by atomic mass is 9.88. The van der Waals surface area contributed by atoms with Gasteiger partial charge in [0.1, 0.15) is 0 Å². The molecule has 0 spiro atoms. The first-order chi connectivity index (χ1) is 12.6. The number of rotatable bonds is 4. The standard InChI is InChI=1S/C20H22N4O2.2ClH/c1-13(16-11-22-12-16)19(25)23-17-4-5-18-14(9-17)6-8-24(18)20(26)15-3-2-7-21-10-15;;/h2-5,7,9-10,13,16,22H,6,8,11-12H2,1H3,(H,23,25);2*1H. The number of halogens is 2. The van der Waals surface area contributed by atoms with Crippen LogP contribution in [0.15, 0.2) is 42.7 Å². The van der Waals surface area contributed by atoms with Crippen LogP contribution in [0.3, 0.4) is 0 Å². The second kappa shape index (κ2) is 9.37. The normalized spacial score (nSPS) is 16.1. The van der Waals surface area contributed by atoms with Gasteiger partial charge in [0.2, 0.25) is 5.91 Å². The molecule has 4 rings (SSSR count). The van der Waals surface area contributed by atoms with Gasteiger partial charge in [0.25, 0.3) is 5.91 Å². The summed E-state index contributed by atoms with van der Waals surface area (Å²) in [5.41, 5.74) is 3.37. The van der Waals surface area contributed by atoms with Gasteiger partial charge in [-0.1, -0.05) is 6.92 Å². The summed E-state index contributed by atoms with van der Waals surface area (Å²) in [6.45, 7) is 4.43. The van der Waals surface area contributed by atoms with Crippen LogP contribution >= 0.6 is 24.8 Å². The zero-order valence-corrected chi connectivity index (χ0v) is 17.2. The molecule has 2 N–H and O–H groups in total. The molecule has 3 heterocycles. The van der Waals surface area contributed by atoms with Gasteiger partial charge in [-0.15, -0.1) is 24.8 Å². The third kappa shape index (κ3) is 4.29. The Morgan fingerprint density at radius 3 is 2.68 bits per heavy atom. The molecular weight excluding hydrogens is 399 g/mol. The van der Waals surface area contributed by atoms with Crippen LogP contribution < -0.4 is 15.5 Å². The molecule has 150 valence electrons. The van der Waals surface area contributed by atoms with E-state index < -0.39 is 0 Å². The number of pyridine rings is 1. The summed E-state index contributed by atoms with van der Waals surface area (Å²) in [7, 11) is 0. The van der Waals surface area contributed by atoms with Gasteiger partial charge >= 0.3 is 0 Å². The highest BCUT2D eigenvalue weighted by Gasteiger charge is 2.29. The first kappa shape index (κ1) is 22.1. The van der Waals surface area contributed by atoms with Gasteiger partial charge in [-0.2, -0.15) is 0 Å². The van der Waals surface area contributed by atoms with Crippen molar-refractivity contribution in [2.45, 2.75) is 13.3 Å². The van der Waals surface area contributed by atoms with Crippen LogP contribution in [0.5, 0.6) is 0 Å². The summed E-state index contributed by atoms with van der Waals surface area (Å²) in [6.07, 6.45) is 4.03. The molecule has 1 atom stereocenters. The zero-order chi connectivity index (χ0) is 18.1. The predicted molar refractivity (Wildman–Crippen MR) is 115 cm³/mol. The van der Waals surface area contributed by atoms with Crippen molar-refractivity contribution in [1.29, 1.82) is 0 Å². The van der Waals surface area contributed by atoms with Crippen molar-refractivity contribution >= 4 is 48.0 Å². The molecule has 8 heteroatoms. The van der Waals surface area contributed by atoms with E-state index in [0.717, 1.165) is 36.4 Å². The smallest absolute Gasteiger partial charge is 0.259 e. The van der Waals surface area contributed by atoms with Crippen molar-refractivity contribution in [3.05, 3.63) is 53.9 Å². The number of benzene rings is 1. The summed E-state index contributed by atoms with van der Waals surface area (Å²) in [5.74, 6) is 0.419. The highest BCUT2D eigenvalue weighted by Crippen LogP contribution is 2.32. The average Bonchev–Trinajstić information content (AvgIpc) is 3.03. The SMILES string of the molecule is CC(C(=O)Nc1ccc2c(c1)CCN2C(=O)c1cccnc1)C1CNC1.Cl.Cl. The van der Waals surface area contributed by atoms with E-state index in [2.05, 4.69) is 15.6 Å². The van der Waals surface area contributed by atoms with Crippen LogP contribution in [-0.2, 0) is 11.2 Å². The minimum Gasteiger partial charge on any atom is -0.326 e. The van der Waals surface area contributed by atoms with Gasteiger partial charge in [-0.25, -0.2) is 0 Å². The molecule has 1 unspecified atom stereocenters. The van der Waals surface area contributed by atoms with Gasteiger partial charge in [0.05, 0.1) is 5.56 Å². The lowest BCUT2D eigenvalue weighted by Gasteiger charge is -2.31. The van der Waals surface area contributed by atoms with Crippen molar-refractivity contribution in [2.24, 2.45) is 11.8 Å². The van der Waals surface area contributed by atoms with E-state index in [-0.39, 0.29) is 42.5 Å². The second-order valence-electron chi connectivity index (χ2n) is 6.99. The third-order valence-electron chi connectivity index (χ3n) is 5.33. The number of nitrogens with one attached hydrogen (secondary N) is 2. The van der Waals surface area contributed by atoms with Crippen molar-refractivity contribution < 1.29 is 9.59 Å². The van der Waals surface area contributed by atoms with Crippen molar-refractivity contribution in [2.75, 3.05) is 29.9 Å². The van der Waals surface area contributed by atoms with Crippen LogP contribution in [0.25, 0.3) is 0 Å². The molecule has 0 aliphatic carbocycles. The first-order valence-corrected chi connectivity index (χ1v) is 9.00. The molecular formula is C20H24Cl2N4O2. The number of hydrogen-bond donors (Lipinski definition) is 2. The number of carbonyl (C=O) groups is 2. The third-order valence-corrected chi connectivity index (χ3v) is 5.33. The molecule has 0 radical (unpaired) electrons. The predicted octanol–water partition coefficient (Wildman–Crippen LogP) is 2.92. The van der Waals surface area contributed by atoms with E-state index in [1.165, 1.54) is 0 Å². The van der Waals surface area contributed by atoms with Gasteiger partial charge in [0.15, 0.2) is 0 Å². The minimum atomic E-state index is -0.0419. The Labute approximate surface area is 176 Å². The number of fused-ring (bicyclic) bond motifs is 1. The summed E-state index contributed by atoms with van der Waals surface area (Å²) in [4.78, 5) is 30.9. The molecule has 1 aromatic carbocycles. The molecule has 6 nitrogen and oxygen atoms in total. The number of hydrogen-bond acceptors (Lipinski definition) is 4. The molecule has 0 bridgehead atoms. The van der Waals surface area contributed by atoms with E-state index in [1.54, 1.807) is 29.4 Å². The Morgan fingerprint density at radius 1 is 1.25 bits per heavy atom. The Balaban J connectivity index is 0.00000140. The molecule has 2 aliphatic heterocycles. The van der Waals surface area contributed by atoms with Crippen molar-refractivity contribution in [1.82, 2.24) is 10.3 Å². The Hall–Kier alpha value is -2.15. The number of nitrogens with zero attached hydrogens (tertiary/aromatic N) is 2. The fourth-order valence-corrected chi connectivity index (χ4v) is 3.47. The van der Waals surface area contributed by atoms with E-state index in [4.69, 9.17) is 0 Å². The largest absolute Gasteiger partial charge is 0.326 e. The number of anilines is 2. The van der Waals surface area contributed by atoms with E-state index in [9.17, 15) is 9.59 Å². The van der Waals surface area contributed by atoms with Crippen LogP contribution in [0, 0.1) is 11.8 Å². The van der Waals surface area contributed by atoms with Crippen molar-refractivity contribution in [3.63, 3.8) is 0 Å². The number of aromatic nitrogens is 1. The lowest BCUT2D eigenvalue weighted by molar-refractivity contribution is -0.121. The van der Waals surface area contributed by atoms with Gasteiger partial charge < -0.3 is 15.5 Å². The molecule has 0 saturated carbocycles. The Bertz CT molecular complexity index is 843. The Morgan fingerprint density at radius 2 is 2.04 bits per heavy atom. The summed E-state index contributed by atoms with van der Waals surface area (Å²) >= 11 is 0. The van der Waals surface area contributed by atoms with Gasteiger partial charge in [0, 0.05) is 36.2 Å².